The Hall–Kier alpha value is -2.21. The molecule has 0 aliphatic heterocycles. The number of halogens is 3. The van der Waals surface area contributed by atoms with Gasteiger partial charge in [0.1, 0.15) is 17.5 Å². The second kappa shape index (κ2) is 6.83. The molecule has 1 aromatic heterocycles. The molecule has 0 saturated carbocycles. The predicted octanol–water partition coefficient (Wildman–Crippen LogP) is 6.29. The van der Waals surface area contributed by atoms with Gasteiger partial charge in [-0.1, -0.05) is 18.2 Å². The van der Waals surface area contributed by atoms with Crippen molar-refractivity contribution in [2.45, 2.75) is 32.4 Å². The van der Waals surface area contributed by atoms with Crippen molar-refractivity contribution in [1.29, 1.82) is 0 Å². The molecule has 0 radical (unpaired) electrons. The van der Waals surface area contributed by atoms with Crippen LogP contribution < -0.4 is 0 Å². The highest BCUT2D eigenvalue weighted by Crippen LogP contribution is 2.43. The number of benzene rings is 2. The zero-order chi connectivity index (χ0) is 19.1. The lowest BCUT2D eigenvalue weighted by molar-refractivity contribution is 0.575. The van der Waals surface area contributed by atoms with E-state index < -0.39 is 16.4 Å². The molecule has 0 spiro atoms. The summed E-state index contributed by atoms with van der Waals surface area (Å²) in [5.74, 6) is -1.19. The van der Waals surface area contributed by atoms with E-state index in [0.717, 1.165) is 22.9 Å². The number of aromatic nitrogens is 2. The molecule has 0 aliphatic carbocycles. The Labute approximate surface area is 155 Å². The Morgan fingerprint density at radius 3 is 2.35 bits per heavy atom. The molecule has 136 valence electrons. The Balaban J connectivity index is 2.33. The lowest BCUT2D eigenvalue weighted by atomic mass is 9.94. The van der Waals surface area contributed by atoms with Crippen LogP contribution in [-0.2, 0) is 4.75 Å². The number of hydrogen-bond donors (Lipinski definition) is 0. The Morgan fingerprint density at radius 1 is 1.08 bits per heavy atom. The van der Waals surface area contributed by atoms with Crippen LogP contribution in [0, 0.1) is 25.5 Å². The summed E-state index contributed by atoms with van der Waals surface area (Å²) in [6.45, 7) is 7.08. The van der Waals surface area contributed by atoms with Crippen molar-refractivity contribution in [3.8, 4) is 17.1 Å². The maximum atomic E-state index is 14.8. The molecule has 0 bridgehead atoms. The second-order valence-electron chi connectivity index (χ2n) is 6.76. The topological polar surface area (TPSA) is 17.8 Å². The average Bonchev–Trinajstić information content (AvgIpc) is 3.03. The minimum absolute atomic E-state index is 0.0466. The summed E-state index contributed by atoms with van der Waals surface area (Å²) in [5, 5.41) is 0. The van der Waals surface area contributed by atoms with Gasteiger partial charge in [0, 0.05) is 18.5 Å². The highest BCUT2D eigenvalue weighted by Gasteiger charge is 2.30. The molecule has 26 heavy (non-hydrogen) atoms. The fourth-order valence-electron chi connectivity index (χ4n) is 3.17. The molecule has 2 nitrogen and oxygen atoms in total. The van der Waals surface area contributed by atoms with Gasteiger partial charge in [0.05, 0.1) is 28.1 Å². The van der Waals surface area contributed by atoms with Crippen LogP contribution in [0.15, 0.2) is 42.7 Å². The van der Waals surface area contributed by atoms with Crippen LogP contribution in [0.3, 0.4) is 0 Å². The molecule has 0 amide bonds. The fourth-order valence-corrected chi connectivity index (χ4v) is 3.42. The summed E-state index contributed by atoms with van der Waals surface area (Å²) >= 11 is 0.0466. The van der Waals surface area contributed by atoms with E-state index in [-0.39, 0.29) is 23.3 Å². The Bertz CT molecular complexity index is 943. The first kappa shape index (κ1) is 18.6. The van der Waals surface area contributed by atoms with E-state index in [4.69, 9.17) is 0 Å². The van der Waals surface area contributed by atoms with Gasteiger partial charge < -0.3 is 0 Å². The molecule has 3 rings (SSSR count). The second-order valence-corrected chi connectivity index (χ2v) is 7.93. The fraction of sp³-hybridized carbons (Fsp3) is 0.250. The largest absolute Gasteiger partial charge is 0.299 e. The molecule has 0 aliphatic rings. The summed E-state index contributed by atoms with van der Waals surface area (Å²) in [5.41, 5.74) is 3.19. The minimum Gasteiger partial charge on any atom is -0.299 e. The maximum absolute atomic E-state index is 14.8. The third kappa shape index (κ3) is 3.14. The van der Waals surface area contributed by atoms with Gasteiger partial charge in [0.15, 0.2) is 0 Å². The maximum Gasteiger partial charge on any atom is 0.147 e. The van der Waals surface area contributed by atoms with Crippen LogP contribution in [0.2, 0.25) is 0 Å². The van der Waals surface area contributed by atoms with Crippen molar-refractivity contribution < 1.29 is 12.7 Å². The molecule has 3 aromatic rings. The van der Waals surface area contributed by atoms with E-state index in [2.05, 4.69) is 4.98 Å². The minimum atomic E-state index is -1.13. The molecule has 0 unspecified atom stereocenters. The smallest absolute Gasteiger partial charge is 0.147 e. The van der Waals surface area contributed by atoms with Gasteiger partial charge in [0.25, 0.3) is 0 Å². The van der Waals surface area contributed by atoms with Crippen molar-refractivity contribution in [1.82, 2.24) is 9.55 Å². The van der Waals surface area contributed by atoms with Crippen LogP contribution in [0.4, 0.5) is 12.7 Å². The quantitative estimate of drug-likeness (QED) is 0.533. The summed E-state index contributed by atoms with van der Waals surface area (Å²) in [4.78, 5) is 4.31. The highest BCUT2D eigenvalue weighted by atomic mass is 32.2. The Kier molecular flexibility index (Phi) is 4.88. The molecule has 0 saturated heterocycles. The lowest BCUT2D eigenvalue weighted by Crippen LogP contribution is -2.15. The average molecular weight is 376 g/mol. The van der Waals surface area contributed by atoms with Crippen LogP contribution in [0.5, 0.6) is 0 Å². The molecule has 1 heterocycles. The number of aryl methyl sites for hydroxylation is 2. The summed E-state index contributed by atoms with van der Waals surface area (Å²) < 4.78 is 42.9. The van der Waals surface area contributed by atoms with Crippen molar-refractivity contribution in [2.24, 2.45) is 0 Å². The first-order valence-corrected chi connectivity index (χ1v) is 8.87. The van der Waals surface area contributed by atoms with Gasteiger partial charge in [-0.2, -0.15) is 3.89 Å². The van der Waals surface area contributed by atoms with E-state index in [0.29, 0.717) is 5.82 Å². The van der Waals surface area contributed by atoms with E-state index in [1.54, 1.807) is 30.8 Å². The van der Waals surface area contributed by atoms with Gasteiger partial charge >= 0.3 is 0 Å². The SMILES string of the molecule is Cc1cccc(C)c1-n1ccnc1-c1c(F)cc(F)cc1C(C)(C)SF. The Morgan fingerprint density at radius 2 is 1.73 bits per heavy atom. The van der Waals surface area contributed by atoms with Gasteiger partial charge in [-0.3, -0.25) is 4.57 Å². The molecular formula is C20H19F3N2S. The standard InChI is InChI=1S/C20H19F3N2S/c1-12-6-5-7-13(2)18(12)25-9-8-24-19(25)17-15(20(3,4)26-23)10-14(21)11-16(17)22/h5-11H,1-4H3. The van der Waals surface area contributed by atoms with Crippen molar-refractivity contribution in [3.63, 3.8) is 0 Å². The number of para-hydroxylation sites is 1. The van der Waals surface area contributed by atoms with Crippen molar-refractivity contribution in [2.75, 3.05) is 0 Å². The number of hydrogen-bond acceptors (Lipinski definition) is 2. The molecule has 6 heteroatoms. The van der Waals surface area contributed by atoms with Gasteiger partial charge in [-0.25, -0.2) is 13.8 Å². The normalized spacial score (nSPS) is 11.8. The molecule has 0 N–H and O–H groups in total. The lowest BCUT2D eigenvalue weighted by Gasteiger charge is -2.24. The summed E-state index contributed by atoms with van der Waals surface area (Å²) in [6.07, 6.45) is 3.29. The van der Waals surface area contributed by atoms with Crippen molar-refractivity contribution >= 4 is 12.1 Å². The van der Waals surface area contributed by atoms with Gasteiger partial charge in [-0.15, -0.1) is 0 Å². The molecule has 2 aromatic carbocycles. The van der Waals surface area contributed by atoms with Crippen LogP contribution in [-0.4, -0.2) is 9.55 Å². The zero-order valence-electron chi connectivity index (χ0n) is 15.0. The number of imidazole rings is 1. The summed E-state index contributed by atoms with van der Waals surface area (Å²) in [7, 11) is 0. The summed E-state index contributed by atoms with van der Waals surface area (Å²) in [6, 6.07) is 7.83. The third-order valence-electron chi connectivity index (χ3n) is 4.44. The third-order valence-corrected chi connectivity index (χ3v) is 5.05. The van der Waals surface area contributed by atoms with E-state index in [9.17, 15) is 12.7 Å². The van der Waals surface area contributed by atoms with E-state index in [1.807, 2.05) is 32.0 Å². The first-order chi connectivity index (χ1) is 12.3. The van der Waals surface area contributed by atoms with Gasteiger partial charge in [0.2, 0.25) is 0 Å². The van der Waals surface area contributed by atoms with Crippen molar-refractivity contribution in [3.05, 3.63) is 71.1 Å². The molecule has 0 fully saturated rings. The predicted molar refractivity (Wildman–Crippen MR) is 100 cm³/mol. The van der Waals surface area contributed by atoms with E-state index in [1.165, 1.54) is 6.07 Å². The van der Waals surface area contributed by atoms with Crippen LogP contribution in [0.25, 0.3) is 17.1 Å². The van der Waals surface area contributed by atoms with Gasteiger partial charge in [-0.05, 0) is 50.5 Å². The first-order valence-electron chi connectivity index (χ1n) is 8.16. The monoisotopic (exact) mass is 376 g/mol. The zero-order valence-corrected chi connectivity index (χ0v) is 15.8. The molecule has 0 atom stereocenters. The number of rotatable bonds is 4. The number of nitrogens with zero attached hydrogens (tertiary/aromatic N) is 2. The van der Waals surface area contributed by atoms with E-state index >= 15 is 0 Å². The van der Waals surface area contributed by atoms with Crippen LogP contribution in [0.1, 0.15) is 30.5 Å². The molecular weight excluding hydrogens is 357 g/mol. The highest BCUT2D eigenvalue weighted by molar-refractivity contribution is 7.95. The van der Waals surface area contributed by atoms with Crippen LogP contribution >= 0.6 is 12.1 Å².